The lowest BCUT2D eigenvalue weighted by atomic mass is 10.0. The third-order valence-corrected chi connectivity index (χ3v) is 4.96. The summed E-state index contributed by atoms with van der Waals surface area (Å²) in [7, 11) is 0. The van der Waals surface area contributed by atoms with Crippen molar-refractivity contribution in [3.05, 3.63) is 55.7 Å². The highest BCUT2D eigenvalue weighted by atomic mass is 35.5. The Kier molecular flexibility index (Phi) is 3.20. The number of hydrogen-bond acceptors (Lipinski definition) is 4. The monoisotopic (exact) mass is 369 g/mol. The summed E-state index contributed by atoms with van der Waals surface area (Å²) in [6, 6.07) is 5.93. The van der Waals surface area contributed by atoms with Crippen LogP contribution in [0.15, 0.2) is 24.3 Å². The summed E-state index contributed by atoms with van der Waals surface area (Å²) < 4.78 is 11.0. The van der Waals surface area contributed by atoms with Crippen LogP contribution in [-0.2, 0) is 0 Å². The quantitative estimate of drug-likeness (QED) is 0.429. The second-order valence-electron chi connectivity index (χ2n) is 4.92. The highest BCUT2D eigenvalue weighted by molar-refractivity contribution is 6.56. The van der Waals surface area contributed by atoms with Crippen molar-refractivity contribution in [2.45, 2.75) is 0 Å². The van der Waals surface area contributed by atoms with Gasteiger partial charge in [0.05, 0.1) is 26.7 Å². The summed E-state index contributed by atoms with van der Waals surface area (Å²) in [5, 5.41) is 13.0. The molecule has 0 fully saturated rings. The van der Waals surface area contributed by atoms with Gasteiger partial charge in [-0.25, -0.2) is 0 Å². The molecule has 5 nitrogen and oxygen atoms in total. The van der Waals surface area contributed by atoms with Crippen LogP contribution in [-0.4, -0.2) is 23.0 Å². The Labute approximate surface area is 145 Å². The van der Waals surface area contributed by atoms with E-state index in [1.165, 1.54) is 24.3 Å². The van der Waals surface area contributed by atoms with Crippen molar-refractivity contribution in [3.8, 4) is 11.5 Å². The van der Waals surface area contributed by atoms with Gasteiger partial charge in [0, 0.05) is 6.07 Å². The standard InChI is InChI=1S/C15H6Cl3NO4/c16-8-2-1-6(12(17)13(8)18)14-15(20)7-3-10-11(23-5-22-10)4-9(7)19(14)21/h1-4H,5H2. The minimum atomic E-state index is -0.464. The summed E-state index contributed by atoms with van der Waals surface area (Å²) in [4.78, 5) is 12.6. The van der Waals surface area contributed by atoms with Crippen LogP contribution >= 0.6 is 34.8 Å². The van der Waals surface area contributed by atoms with Gasteiger partial charge < -0.3 is 14.7 Å². The van der Waals surface area contributed by atoms with Crippen molar-refractivity contribution >= 4 is 52.0 Å². The molecule has 2 aliphatic heterocycles. The molecule has 0 saturated carbocycles. The second-order valence-corrected chi connectivity index (χ2v) is 6.08. The van der Waals surface area contributed by atoms with E-state index in [9.17, 15) is 10.0 Å². The molecule has 2 aromatic rings. The molecule has 0 aliphatic carbocycles. The van der Waals surface area contributed by atoms with Crippen molar-refractivity contribution in [1.29, 1.82) is 0 Å². The number of rotatable bonds is 1. The van der Waals surface area contributed by atoms with Gasteiger partial charge in [-0.1, -0.05) is 34.8 Å². The number of Topliss-reactive ketones (excluding diaryl/α,β-unsaturated/α-hetero) is 1. The number of fused-ring (bicyclic) bond motifs is 2. The normalized spacial score (nSPS) is 15.3. The largest absolute Gasteiger partial charge is 0.618 e. The number of benzene rings is 2. The van der Waals surface area contributed by atoms with Gasteiger partial charge in [0.25, 0.3) is 11.5 Å². The molecule has 0 unspecified atom stereocenters. The number of ether oxygens (including phenoxy) is 2. The van der Waals surface area contributed by atoms with E-state index in [4.69, 9.17) is 44.3 Å². The molecule has 0 saturated heterocycles. The highest BCUT2D eigenvalue weighted by Gasteiger charge is 2.40. The van der Waals surface area contributed by atoms with Crippen LogP contribution in [0.5, 0.6) is 11.5 Å². The van der Waals surface area contributed by atoms with Crippen LogP contribution in [0.3, 0.4) is 0 Å². The molecule has 0 amide bonds. The SMILES string of the molecule is O=C1C(c2ccc(Cl)c(Cl)c2Cl)=[N+]([O-])c2cc3c(cc21)OCO3. The van der Waals surface area contributed by atoms with Gasteiger partial charge in [0.15, 0.2) is 11.5 Å². The lowest BCUT2D eigenvalue weighted by Crippen LogP contribution is -2.17. The zero-order chi connectivity index (χ0) is 16.3. The molecule has 0 spiro atoms. The van der Waals surface area contributed by atoms with Crippen LogP contribution in [0.4, 0.5) is 5.69 Å². The maximum atomic E-state index is 12.6. The summed E-state index contributed by atoms with van der Waals surface area (Å²) in [6.07, 6.45) is 0. The fourth-order valence-electron chi connectivity index (χ4n) is 2.56. The number of carbonyl (C=O) groups excluding carboxylic acids is 1. The second kappa shape index (κ2) is 5.03. The lowest BCUT2D eigenvalue weighted by Gasteiger charge is -2.06. The molecule has 0 aromatic heterocycles. The van der Waals surface area contributed by atoms with E-state index in [0.717, 1.165) is 0 Å². The zero-order valence-electron chi connectivity index (χ0n) is 11.2. The van der Waals surface area contributed by atoms with E-state index in [0.29, 0.717) is 16.2 Å². The molecule has 4 rings (SSSR count). The third-order valence-electron chi connectivity index (χ3n) is 3.66. The van der Waals surface area contributed by atoms with Gasteiger partial charge in [-0.2, -0.15) is 4.74 Å². The predicted molar refractivity (Wildman–Crippen MR) is 85.8 cm³/mol. The number of carbonyl (C=O) groups is 1. The lowest BCUT2D eigenvalue weighted by molar-refractivity contribution is -0.355. The third kappa shape index (κ3) is 2.01. The van der Waals surface area contributed by atoms with Crippen molar-refractivity contribution in [3.63, 3.8) is 0 Å². The van der Waals surface area contributed by atoms with E-state index < -0.39 is 5.78 Å². The molecule has 0 radical (unpaired) electrons. The number of ketones is 1. The van der Waals surface area contributed by atoms with Crippen LogP contribution in [0.25, 0.3) is 0 Å². The number of nitrogens with zero attached hydrogens (tertiary/aromatic N) is 1. The fraction of sp³-hybridized carbons (Fsp3) is 0.0667. The topological polar surface area (TPSA) is 61.6 Å². The number of hydrogen-bond donors (Lipinski definition) is 0. The Hall–Kier alpha value is -1.95. The molecule has 23 heavy (non-hydrogen) atoms. The van der Waals surface area contributed by atoms with Crippen LogP contribution < -0.4 is 9.47 Å². The Morgan fingerprint density at radius 1 is 1.00 bits per heavy atom. The first kappa shape index (κ1) is 14.6. The van der Waals surface area contributed by atoms with E-state index in [2.05, 4.69) is 0 Å². The predicted octanol–water partition coefficient (Wildman–Crippen LogP) is 4.20. The first-order chi connectivity index (χ1) is 11.0. The van der Waals surface area contributed by atoms with Crippen LogP contribution in [0.1, 0.15) is 15.9 Å². The minimum absolute atomic E-state index is 0.0520. The van der Waals surface area contributed by atoms with Crippen molar-refractivity contribution in [2.75, 3.05) is 6.79 Å². The first-order valence-corrected chi connectivity index (χ1v) is 7.59. The molecule has 2 aliphatic rings. The molecule has 2 heterocycles. The van der Waals surface area contributed by atoms with E-state index in [1.54, 1.807) is 0 Å². The first-order valence-electron chi connectivity index (χ1n) is 6.45. The van der Waals surface area contributed by atoms with Crippen molar-refractivity contribution in [1.82, 2.24) is 0 Å². The molecule has 0 bridgehead atoms. The van der Waals surface area contributed by atoms with Gasteiger partial charge in [0.2, 0.25) is 12.5 Å². The van der Waals surface area contributed by atoms with Crippen molar-refractivity contribution < 1.29 is 19.0 Å². The van der Waals surface area contributed by atoms with Crippen LogP contribution in [0.2, 0.25) is 15.1 Å². The molecule has 116 valence electrons. The minimum Gasteiger partial charge on any atom is -0.618 e. The van der Waals surface area contributed by atoms with Gasteiger partial charge in [-0.15, -0.1) is 0 Å². The maximum Gasteiger partial charge on any atom is 0.274 e. The zero-order valence-corrected chi connectivity index (χ0v) is 13.5. The molecule has 8 heteroatoms. The molecular formula is C15H6Cl3NO4. The summed E-state index contributed by atoms with van der Waals surface area (Å²) in [6.45, 7) is 0.0560. The van der Waals surface area contributed by atoms with E-state index >= 15 is 0 Å². The smallest absolute Gasteiger partial charge is 0.274 e. The molecule has 0 N–H and O–H groups in total. The van der Waals surface area contributed by atoms with Crippen LogP contribution in [0, 0.1) is 5.21 Å². The average molecular weight is 371 g/mol. The van der Waals surface area contributed by atoms with Gasteiger partial charge in [-0.3, -0.25) is 4.79 Å². The fourth-order valence-corrected chi connectivity index (χ4v) is 3.19. The highest BCUT2D eigenvalue weighted by Crippen LogP contribution is 2.42. The van der Waals surface area contributed by atoms with Crippen molar-refractivity contribution in [2.24, 2.45) is 0 Å². The van der Waals surface area contributed by atoms with Gasteiger partial charge in [0.1, 0.15) is 5.56 Å². The maximum absolute atomic E-state index is 12.6. The Bertz CT molecular complexity index is 923. The van der Waals surface area contributed by atoms with E-state index in [-0.39, 0.29) is 44.4 Å². The van der Waals surface area contributed by atoms with E-state index in [1.807, 2.05) is 0 Å². The molecule has 2 aromatic carbocycles. The Morgan fingerprint density at radius 2 is 1.70 bits per heavy atom. The van der Waals surface area contributed by atoms with Gasteiger partial charge >= 0.3 is 0 Å². The summed E-state index contributed by atoms with van der Waals surface area (Å²) >= 11 is 18.0. The molecule has 0 atom stereocenters. The number of halogens is 3. The Balaban J connectivity index is 1.92. The summed E-state index contributed by atoms with van der Waals surface area (Å²) in [5.74, 6) is 0.375. The Morgan fingerprint density at radius 3 is 2.43 bits per heavy atom. The average Bonchev–Trinajstić information content (AvgIpc) is 3.08. The van der Waals surface area contributed by atoms with Gasteiger partial charge in [-0.05, 0) is 12.1 Å². The molecular weight excluding hydrogens is 365 g/mol. The summed E-state index contributed by atoms with van der Waals surface area (Å²) in [5.41, 5.74) is 0.504.